The second-order valence-electron chi connectivity index (χ2n) is 5.16. The first kappa shape index (κ1) is 16.3. The molecule has 1 amide bonds. The zero-order chi connectivity index (χ0) is 15.8. The maximum atomic E-state index is 12.8. The van der Waals surface area contributed by atoms with Gasteiger partial charge in [-0.05, 0) is 48.0 Å². The van der Waals surface area contributed by atoms with E-state index in [4.69, 9.17) is 4.74 Å². The van der Waals surface area contributed by atoms with Crippen LogP contribution in [0.3, 0.4) is 0 Å². The molecule has 1 aromatic carbocycles. The standard InChI is InChI=1S/C14H15BrF3NO2/c1-8-6-19(7-9(2)21-8)13(20)11-5-10(14(16,17)18)3-4-12(11)15/h3-5,8-9H,6-7H2,1-2H3/t8-,9+. The second-order valence-corrected chi connectivity index (χ2v) is 6.01. The van der Waals surface area contributed by atoms with Crippen LogP contribution in [-0.2, 0) is 10.9 Å². The van der Waals surface area contributed by atoms with Gasteiger partial charge in [-0.25, -0.2) is 0 Å². The average molecular weight is 366 g/mol. The molecule has 0 aliphatic carbocycles. The minimum absolute atomic E-state index is 0.0196. The van der Waals surface area contributed by atoms with Crippen molar-refractivity contribution in [3.05, 3.63) is 33.8 Å². The van der Waals surface area contributed by atoms with Gasteiger partial charge in [0.1, 0.15) is 0 Å². The molecule has 0 spiro atoms. The predicted octanol–water partition coefficient (Wildman–Crippen LogP) is 3.72. The summed E-state index contributed by atoms with van der Waals surface area (Å²) in [5, 5.41) is 0. The van der Waals surface area contributed by atoms with Crippen LogP contribution in [0.1, 0.15) is 29.8 Å². The van der Waals surface area contributed by atoms with Crippen molar-refractivity contribution >= 4 is 21.8 Å². The summed E-state index contributed by atoms with van der Waals surface area (Å²) in [6, 6.07) is 3.09. The summed E-state index contributed by atoms with van der Waals surface area (Å²) < 4.78 is 44.2. The number of hydrogen-bond acceptors (Lipinski definition) is 2. The van der Waals surface area contributed by atoms with Gasteiger partial charge in [-0.15, -0.1) is 0 Å². The van der Waals surface area contributed by atoms with Crippen molar-refractivity contribution in [2.45, 2.75) is 32.2 Å². The molecule has 2 rings (SSSR count). The van der Waals surface area contributed by atoms with Crippen LogP contribution in [0.25, 0.3) is 0 Å². The quantitative estimate of drug-likeness (QED) is 0.758. The van der Waals surface area contributed by atoms with Crippen LogP contribution in [0.4, 0.5) is 13.2 Å². The Morgan fingerprint density at radius 1 is 1.29 bits per heavy atom. The second kappa shape index (κ2) is 5.96. The van der Waals surface area contributed by atoms with Gasteiger partial charge in [0.25, 0.3) is 5.91 Å². The third kappa shape index (κ3) is 3.77. The fourth-order valence-electron chi connectivity index (χ4n) is 2.38. The molecule has 1 aromatic rings. The molecule has 1 aliphatic rings. The van der Waals surface area contributed by atoms with E-state index in [2.05, 4.69) is 15.9 Å². The van der Waals surface area contributed by atoms with Gasteiger partial charge in [0, 0.05) is 17.6 Å². The minimum Gasteiger partial charge on any atom is -0.372 e. The van der Waals surface area contributed by atoms with Crippen LogP contribution in [-0.4, -0.2) is 36.1 Å². The summed E-state index contributed by atoms with van der Waals surface area (Å²) in [5.74, 6) is -0.421. The van der Waals surface area contributed by atoms with E-state index in [0.29, 0.717) is 17.6 Å². The molecule has 1 aliphatic heterocycles. The molecule has 0 radical (unpaired) electrons. The monoisotopic (exact) mass is 365 g/mol. The number of halogens is 4. The fourth-order valence-corrected chi connectivity index (χ4v) is 2.80. The highest BCUT2D eigenvalue weighted by molar-refractivity contribution is 9.10. The zero-order valence-corrected chi connectivity index (χ0v) is 13.2. The normalized spacial score (nSPS) is 23.2. The molecule has 0 bridgehead atoms. The molecule has 3 nitrogen and oxygen atoms in total. The lowest BCUT2D eigenvalue weighted by atomic mass is 10.1. The molecule has 0 unspecified atom stereocenters. The lowest BCUT2D eigenvalue weighted by molar-refractivity contribution is -0.137. The Kier molecular flexibility index (Phi) is 4.63. The molecule has 1 fully saturated rings. The molecular formula is C14H15BrF3NO2. The Balaban J connectivity index is 2.30. The highest BCUT2D eigenvalue weighted by Gasteiger charge is 2.33. The summed E-state index contributed by atoms with van der Waals surface area (Å²) >= 11 is 3.15. The first-order chi connectivity index (χ1) is 9.68. The van der Waals surface area contributed by atoms with E-state index in [1.54, 1.807) is 0 Å². The molecule has 1 saturated heterocycles. The Bertz CT molecular complexity index is 538. The van der Waals surface area contributed by atoms with Crippen LogP contribution in [0.2, 0.25) is 0 Å². The molecule has 0 N–H and O–H groups in total. The van der Waals surface area contributed by atoms with Crippen LogP contribution in [0.5, 0.6) is 0 Å². The Morgan fingerprint density at radius 3 is 2.38 bits per heavy atom. The van der Waals surface area contributed by atoms with Crippen molar-refractivity contribution in [1.82, 2.24) is 4.90 Å². The van der Waals surface area contributed by atoms with Crippen molar-refractivity contribution in [1.29, 1.82) is 0 Å². The number of carbonyl (C=O) groups is 1. The van der Waals surface area contributed by atoms with Crippen molar-refractivity contribution in [3.8, 4) is 0 Å². The number of alkyl halides is 3. The Morgan fingerprint density at radius 2 is 1.86 bits per heavy atom. The van der Waals surface area contributed by atoms with E-state index in [0.717, 1.165) is 12.1 Å². The molecule has 7 heteroatoms. The van der Waals surface area contributed by atoms with E-state index < -0.39 is 17.6 Å². The van der Waals surface area contributed by atoms with Gasteiger partial charge in [-0.3, -0.25) is 4.79 Å². The van der Waals surface area contributed by atoms with Crippen LogP contribution < -0.4 is 0 Å². The average Bonchev–Trinajstić information content (AvgIpc) is 2.36. The molecule has 21 heavy (non-hydrogen) atoms. The number of nitrogens with zero attached hydrogens (tertiary/aromatic N) is 1. The first-order valence-corrected chi connectivity index (χ1v) is 7.29. The third-order valence-corrected chi connectivity index (χ3v) is 3.92. The zero-order valence-electron chi connectivity index (χ0n) is 11.6. The lowest BCUT2D eigenvalue weighted by Gasteiger charge is -2.35. The van der Waals surface area contributed by atoms with Gasteiger partial charge >= 0.3 is 6.18 Å². The summed E-state index contributed by atoms with van der Waals surface area (Å²) in [4.78, 5) is 14.0. The number of benzene rings is 1. The minimum atomic E-state index is -4.47. The highest BCUT2D eigenvalue weighted by Crippen LogP contribution is 2.32. The van der Waals surface area contributed by atoms with Gasteiger partial charge in [0.05, 0.1) is 23.3 Å². The van der Waals surface area contributed by atoms with Crippen molar-refractivity contribution < 1.29 is 22.7 Å². The number of morpholine rings is 1. The van der Waals surface area contributed by atoms with Crippen LogP contribution in [0, 0.1) is 0 Å². The fraction of sp³-hybridized carbons (Fsp3) is 0.500. The molecule has 2 atom stereocenters. The molecular weight excluding hydrogens is 351 g/mol. The van der Waals surface area contributed by atoms with Gasteiger partial charge in [0.15, 0.2) is 0 Å². The lowest BCUT2D eigenvalue weighted by Crippen LogP contribution is -2.48. The van der Waals surface area contributed by atoms with E-state index >= 15 is 0 Å². The highest BCUT2D eigenvalue weighted by atomic mass is 79.9. The molecule has 0 saturated carbocycles. The number of rotatable bonds is 1. The SMILES string of the molecule is C[C@@H]1CN(C(=O)c2cc(C(F)(F)F)ccc2Br)C[C@H](C)O1. The van der Waals surface area contributed by atoms with E-state index in [1.807, 2.05) is 13.8 Å². The van der Waals surface area contributed by atoms with Gasteiger partial charge < -0.3 is 9.64 Å². The van der Waals surface area contributed by atoms with E-state index in [9.17, 15) is 18.0 Å². The van der Waals surface area contributed by atoms with Gasteiger partial charge in [-0.1, -0.05) is 0 Å². The predicted molar refractivity (Wildman–Crippen MR) is 75.1 cm³/mol. The van der Waals surface area contributed by atoms with Crippen molar-refractivity contribution in [2.75, 3.05) is 13.1 Å². The maximum absolute atomic E-state index is 12.8. The summed E-state index contributed by atoms with van der Waals surface area (Å²) in [7, 11) is 0. The summed E-state index contributed by atoms with van der Waals surface area (Å²) in [6.07, 6.45) is -4.74. The topological polar surface area (TPSA) is 29.5 Å². The summed E-state index contributed by atoms with van der Waals surface area (Å²) in [6.45, 7) is 4.39. The molecule has 1 heterocycles. The number of hydrogen-bond donors (Lipinski definition) is 0. The molecule has 116 valence electrons. The number of amides is 1. The first-order valence-electron chi connectivity index (χ1n) is 6.50. The largest absolute Gasteiger partial charge is 0.416 e. The Hall–Kier alpha value is -1.08. The smallest absolute Gasteiger partial charge is 0.372 e. The maximum Gasteiger partial charge on any atom is 0.416 e. The van der Waals surface area contributed by atoms with Crippen LogP contribution >= 0.6 is 15.9 Å². The number of carbonyl (C=O) groups excluding carboxylic acids is 1. The van der Waals surface area contributed by atoms with E-state index in [1.165, 1.54) is 11.0 Å². The third-order valence-electron chi connectivity index (χ3n) is 3.23. The summed E-state index contributed by atoms with van der Waals surface area (Å²) in [5.41, 5.74) is -0.811. The van der Waals surface area contributed by atoms with Crippen molar-refractivity contribution in [3.63, 3.8) is 0 Å². The van der Waals surface area contributed by atoms with Crippen LogP contribution in [0.15, 0.2) is 22.7 Å². The van der Waals surface area contributed by atoms with E-state index in [-0.39, 0.29) is 17.8 Å². The van der Waals surface area contributed by atoms with Gasteiger partial charge in [-0.2, -0.15) is 13.2 Å². The molecule has 0 aromatic heterocycles. The van der Waals surface area contributed by atoms with Crippen molar-refractivity contribution in [2.24, 2.45) is 0 Å². The van der Waals surface area contributed by atoms with Gasteiger partial charge in [0.2, 0.25) is 0 Å². The Labute approximate surface area is 129 Å². The number of ether oxygens (including phenoxy) is 1.